The molecule has 7 nitrogen and oxygen atoms in total. The molecular formula is C25H23ClFNO6. The van der Waals surface area contributed by atoms with Crippen LogP contribution in [0.3, 0.4) is 0 Å². The van der Waals surface area contributed by atoms with Gasteiger partial charge in [-0.1, -0.05) is 29.8 Å². The molecule has 1 unspecified atom stereocenters. The van der Waals surface area contributed by atoms with Crippen molar-refractivity contribution in [1.82, 2.24) is 4.90 Å². The van der Waals surface area contributed by atoms with Crippen LogP contribution in [0.1, 0.15) is 36.0 Å². The molecule has 3 aromatic rings. The molecule has 9 heteroatoms. The quantitative estimate of drug-likeness (QED) is 0.437. The van der Waals surface area contributed by atoms with Crippen molar-refractivity contribution < 1.29 is 33.0 Å². The van der Waals surface area contributed by atoms with Gasteiger partial charge in [0, 0.05) is 28.6 Å². The van der Waals surface area contributed by atoms with Gasteiger partial charge in [-0.15, -0.1) is 0 Å². The van der Waals surface area contributed by atoms with Crippen molar-refractivity contribution in [1.29, 1.82) is 0 Å². The van der Waals surface area contributed by atoms with Gasteiger partial charge >= 0.3 is 0 Å². The van der Waals surface area contributed by atoms with Gasteiger partial charge in [0.05, 0.1) is 31.4 Å². The fourth-order valence-corrected chi connectivity index (χ4v) is 4.22. The molecule has 4 rings (SSSR count). The number of ketones is 1. The van der Waals surface area contributed by atoms with Crippen LogP contribution in [0.2, 0.25) is 5.02 Å². The number of fused-ring (bicyclic) bond motifs is 1. The minimum Gasteiger partial charge on any atom is -0.503 e. The number of carbonyl (C=O) groups is 2. The summed E-state index contributed by atoms with van der Waals surface area (Å²) in [6.45, 7) is 3.86. The van der Waals surface area contributed by atoms with Crippen LogP contribution >= 0.6 is 11.6 Å². The molecule has 0 saturated heterocycles. The normalized spacial score (nSPS) is 16.2. The van der Waals surface area contributed by atoms with Crippen LogP contribution in [0.15, 0.2) is 58.2 Å². The standard InChI is InChI=1S/C25H23ClFNO6/c1-13(2)33-9-8-28-21(16-6-4-5-7-17(16)27)20(23(30)25(28)31)22(29)18-11-14-10-15(26)12-19(32-3)24(14)34-18/h4-7,10-13,21,30H,8-9H2,1-3H3. The zero-order chi connectivity index (χ0) is 24.6. The summed E-state index contributed by atoms with van der Waals surface area (Å²) in [4.78, 5) is 27.7. The number of halogens is 2. The summed E-state index contributed by atoms with van der Waals surface area (Å²) in [7, 11) is 1.43. The summed E-state index contributed by atoms with van der Waals surface area (Å²) >= 11 is 6.11. The van der Waals surface area contributed by atoms with Gasteiger partial charge in [-0.3, -0.25) is 9.59 Å². The number of Topliss-reactive ketones (excluding diaryl/α,β-unsaturated/α-hetero) is 1. The van der Waals surface area contributed by atoms with Crippen LogP contribution < -0.4 is 4.74 Å². The van der Waals surface area contributed by atoms with Crippen molar-refractivity contribution in [2.24, 2.45) is 0 Å². The molecule has 0 fully saturated rings. The highest BCUT2D eigenvalue weighted by Gasteiger charge is 2.45. The molecule has 0 spiro atoms. The number of hydrogen-bond acceptors (Lipinski definition) is 6. The van der Waals surface area contributed by atoms with Crippen molar-refractivity contribution in [2.45, 2.75) is 26.0 Å². The molecule has 34 heavy (non-hydrogen) atoms. The Kier molecular flexibility index (Phi) is 6.63. The van der Waals surface area contributed by atoms with E-state index in [4.69, 9.17) is 25.5 Å². The minimum atomic E-state index is -1.16. The molecule has 2 aromatic carbocycles. The predicted molar refractivity (Wildman–Crippen MR) is 124 cm³/mol. The molecule has 1 atom stereocenters. The van der Waals surface area contributed by atoms with Gasteiger partial charge in [-0.05, 0) is 32.0 Å². The van der Waals surface area contributed by atoms with Crippen LogP contribution in [-0.4, -0.2) is 48.1 Å². The van der Waals surface area contributed by atoms with Gasteiger partial charge in [-0.25, -0.2) is 4.39 Å². The van der Waals surface area contributed by atoms with Crippen LogP contribution in [0.25, 0.3) is 11.0 Å². The van der Waals surface area contributed by atoms with Gasteiger partial charge in [0.1, 0.15) is 5.82 Å². The van der Waals surface area contributed by atoms with E-state index in [-0.39, 0.29) is 41.7 Å². The van der Waals surface area contributed by atoms with Gasteiger partial charge in [-0.2, -0.15) is 0 Å². The highest BCUT2D eigenvalue weighted by molar-refractivity contribution is 6.31. The third kappa shape index (κ3) is 4.26. The second-order valence-corrected chi connectivity index (χ2v) is 8.51. The number of furan rings is 1. The lowest BCUT2D eigenvalue weighted by Crippen LogP contribution is -2.35. The number of methoxy groups -OCH3 is 1. The first-order valence-corrected chi connectivity index (χ1v) is 11.0. The fourth-order valence-electron chi connectivity index (χ4n) is 4.01. The monoisotopic (exact) mass is 487 g/mol. The Morgan fingerprint density at radius 1 is 1.26 bits per heavy atom. The Labute approximate surface area is 200 Å². The molecule has 1 amide bonds. The molecule has 0 saturated carbocycles. The first-order chi connectivity index (χ1) is 16.2. The van der Waals surface area contributed by atoms with E-state index < -0.39 is 29.3 Å². The van der Waals surface area contributed by atoms with Crippen LogP contribution in [0.4, 0.5) is 4.39 Å². The lowest BCUT2D eigenvalue weighted by atomic mass is 9.94. The van der Waals surface area contributed by atoms with Crippen molar-refractivity contribution in [3.63, 3.8) is 0 Å². The SMILES string of the molecule is COc1cc(Cl)cc2cc(C(=O)C3=C(O)C(=O)N(CCOC(C)C)C3c3ccccc3F)oc12. The average Bonchev–Trinajstić information content (AvgIpc) is 3.33. The molecule has 0 bridgehead atoms. The fraction of sp³-hybridized carbons (Fsp3) is 0.280. The minimum absolute atomic E-state index is 0.0421. The van der Waals surface area contributed by atoms with Crippen LogP contribution in [0, 0.1) is 5.82 Å². The lowest BCUT2D eigenvalue weighted by Gasteiger charge is -2.27. The summed E-state index contributed by atoms with van der Waals surface area (Å²) in [6.07, 6.45) is -0.0929. The molecule has 0 aliphatic carbocycles. The van der Waals surface area contributed by atoms with E-state index in [2.05, 4.69) is 0 Å². The number of hydrogen-bond donors (Lipinski definition) is 1. The topological polar surface area (TPSA) is 89.2 Å². The Morgan fingerprint density at radius 3 is 2.68 bits per heavy atom. The maximum atomic E-state index is 14.8. The third-order valence-electron chi connectivity index (χ3n) is 5.52. The highest BCUT2D eigenvalue weighted by atomic mass is 35.5. The van der Waals surface area contributed by atoms with Gasteiger partial charge in [0.15, 0.2) is 22.9 Å². The predicted octanol–water partition coefficient (Wildman–Crippen LogP) is 5.24. The van der Waals surface area contributed by atoms with Crippen LogP contribution in [0.5, 0.6) is 5.75 Å². The van der Waals surface area contributed by atoms with Gasteiger partial charge < -0.3 is 23.9 Å². The summed E-state index contributed by atoms with van der Waals surface area (Å²) in [6, 6.07) is 9.22. The Morgan fingerprint density at radius 2 is 2.00 bits per heavy atom. The van der Waals surface area contributed by atoms with Crippen LogP contribution in [-0.2, 0) is 9.53 Å². The lowest BCUT2D eigenvalue weighted by molar-refractivity contribution is -0.130. The summed E-state index contributed by atoms with van der Waals surface area (Å²) < 4.78 is 31.4. The molecule has 1 aliphatic heterocycles. The highest BCUT2D eigenvalue weighted by Crippen LogP contribution is 2.41. The molecule has 1 aliphatic rings. The molecular weight excluding hydrogens is 465 g/mol. The van der Waals surface area contributed by atoms with E-state index in [9.17, 15) is 19.1 Å². The zero-order valence-corrected chi connectivity index (χ0v) is 19.6. The maximum absolute atomic E-state index is 14.8. The van der Waals surface area contributed by atoms with Gasteiger partial charge in [0.25, 0.3) is 5.91 Å². The molecule has 0 radical (unpaired) electrons. The van der Waals surface area contributed by atoms with Gasteiger partial charge in [0.2, 0.25) is 5.78 Å². The summed E-state index contributed by atoms with van der Waals surface area (Å²) in [5.74, 6) is -2.74. The third-order valence-corrected chi connectivity index (χ3v) is 5.74. The van der Waals surface area contributed by atoms with E-state index >= 15 is 0 Å². The zero-order valence-electron chi connectivity index (χ0n) is 18.8. The maximum Gasteiger partial charge on any atom is 0.290 e. The molecule has 178 valence electrons. The number of aliphatic hydroxyl groups is 1. The summed E-state index contributed by atoms with van der Waals surface area (Å²) in [5, 5.41) is 11.6. The van der Waals surface area contributed by atoms with Crippen molar-refractivity contribution in [3.8, 4) is 5.75 Å². The van der Waals surface area contributed by atoms with E-state index in [1.165, 1.54) is 42.3 Å². The molecule has 2 heterocycles. The Balaban J connectivity index is 1.79. The van der Waals surface area contributed by atoms with E-state index in [0.717, 1.165) is 0 Å². The first kappa shape index (κ1) is 23.8. The second kappa shape index (κ2) is 9.48. The number of amides is 1. The van der Waals surface area contributed by atoms with E-state index in [0.29, 0.717) is 16.2 Å². The first-order valence-electron chi connectivity index (χ1n) is 10.6. The van der Waals surface area contributed by atoms with E-state index in [1.807, 2.05) is 13.8 Å². The average molecular weight is 488 g/mol. The number of rotatable bonds is 8. The Bertz CT molecular complexity index is 1300. The largest absolute Gasteiger partial charge is 0.503 e. The second-order valence-electron chi connectivity index (χ2n) is 8.07. The number of aliphatic hydroxyl groups excluding tert-OH is 1. The van der Waals surface area contributed by atoms with E-state index in [1.54, 1.807) is 12.1 Å². The Hall–Kier alpha value is -3.36. The van der Waals surface area contributed by atoms with Crippen molar-refractivity contribution in [2.75, 3.05) is 20.3 Å². The van der Waals surface area contributed by atoms with Crippen molar-refractivity contribution in [3.05, 3.63) is 76.0 Å². The number of nitrogens with zero attached hydrogens (tertiary/aromatic N) is 1. The number of ether oxygens (including phenoxy) is 2. The number of carbonyl (C=O) groups excluding carboxylic acids is 2. The number of benzene rings is 2. The smallest absolute Gasteiger partial charge is 0.290 e. The molecule has 1 aromatic heterocycles. The van der Waals surface area contributed by atoms with Crippen molar-refractivity contribution >= 4 is 34.3 Å². The molecule has 1 N–H and O–H groups in total. The summed E-state index contributed by atoms with van der Waals surface area (Å²) in [5.41, 5.74) is 0.0811.